The van der Waals surface area contributed by atoms with E-state index >= 15 is 0 Å². The average Bonchev–Trinajstić information content (AvgIpc) is 2.81. The zero-order chi connectivity index (χ0) is 21.2. The summed E-state index contributed by atoms with van der Waals surface area (Å²) in [6.07, 6.45) is -2.10. The summed E-state index contributed by atoms with van der Waals surface area (Å²) in [4.78, 5) is 39.3. The maximum atomic E-state index is 12.5. The third-order valence-electron chi connectivity index (χ3n) is 3.85. The van der Waals surface area contributed by atoms with E-state index in [1.165, 1.54) is 20.0 Å². The fourth-order valence-electron chi connectivity index (χ4n) is 2.71. The van der Waals surface area contributed by atoms with Gasteiger partial charge in [-0.15, -0.1) is 5.54 Å². The quantitative estimate of drug-likeness (QED) is 0.444. The van der Waals surface area contributed by atoms with Gasteiger partial charge in [0.05, 0.1) is 11.7 Å². The van der Waals surface area contributed by atoms with Gasteiger partial charge in [0, 0.05) is 20.0 Å². The van der Waals surface area contributed by atoms with Crippen molar-refractivity contribution < 1.29 is 23.8 Å². The number of anilines is 1. The molecule has 0 bridgehead atoms. The molecule has 0 aromatic carbocycles. The number of carbonyl (C=O) groups excluding carboxylic acids is 2. The minimum atomic E-state index is -1.69. The van der Waals surface area contributed by atoms with Crippen LogP contribution in [0.5, 0.6) is 0 Å². The zero-order valence-corrected chi connectivity index (χ0v) is 17.8. The van der Waals surface area contributed by atoms with E-state index in [1.54, 1.807) is 6.92 Å². The Kier molecular flexibility index (Phi) is 6.31. The second-order valence-corrected chi connectivity index (χ2v) is 12.4. The van der Waals surface area contributed by atoms with Crippen LogP contribution in [0.1, 0.15) is 32.6 Å². The highest BCUT2D eigenvalue weighted by molar-refractivity contribution is 6.83. The molecule has 2 rings (SSSR count). The first-order chi connectivity index (χ1) is 12.9. The highest BCUT2D eigenvalue weighted by Crippen LogP contribution is 2.33. The highest BCUT2D eigenvalue weighted by Gasteiger charge is 2.48. The van der Waals surface area contributed by atoms with Crippen LogP contribution in [-0.2, 0) is 23.8 Å². The van der Waals surface area contributed by atoms with Gasteiger partial charge in [0.2, 0.25) is 0 Å². The van der Waals surface area contributed by atoms with E-state index in [-0.39, 0.29) is 5.82 Å². The van der Waals surface area contributed by atoms with Gasteiger partial charge in [0.1, 0.15) is 13.9 Å². The van der Waals surface area contributed by atoms with Crippen LogP contribution in [0.3, 0.4) is 0 Å². The Bertz CT molecular complexity index is 895. The van der Waals surface area contributed by atoms with Crippen molar-refractivity contribution in [3.05, 3.63) is 22.2 Å². The Balaban J connectivity index is 2.51. The van der Waals surface area contributed by atoms with E-state index in [2.05, 4.69) is 36.1 Å². The third-order valence-corrected chi connectivity index (χ3v) is 4.73. The maximum absolute atomic E-state index is 12.5. The lowest BCUT2D eigenvalue weighted by molar-refractivity contribution is -0.165. The second-order valence-electron chi connectivity index (χ2n) is 7.61. The predicted octanol–water partition coefficient (Wildman–Crippen LogP) is 0.835. The molecule has 1 aromatic rings. The SMILES string of the molecule is CC(=O)O[C@@H]1[C@H](OC(C)=O)[C@@H](C)O[C@H]1n1cc(C#C[Si](C)(C)C)c(N)nc1=O. The summed E-state index contributed by atoms with van der Waals surface area (Å²) in [7, 11) is -1.69. The molecule has 1 aliphatic heterocycles. The fourth-order valence-corrected chi connectivity index (χ4v) is 3.22. The van der Waals surface area contributed by atoms with Gasteiger partial charge >= 0.3 is 17.6 Å². The van der Waals surface area contributed by atoms with Crippen LogP contribution in [0, 0.1) is 11.5 Å². The van der Waals surface area contributed by atoms with Crippen molar-refractivity contribution in [2.75, 3.05) is 5.73 Å². The Morgan fingerprint density at radius 1 is 1.21 bits per heavy atom. The minimum Gasteiger partial charge on any atom is -0.456 e. The lowest BCUT2D eigenvalue weighted by Gasteiger charge is -2.23. The van der Waals surface area contributed by atoms with Gasteiger partial charge < -0.3 is 19.9 Å². The molecule has 1 fully saturated rings. The molecule has 1 aliphatic rings. The first-order valence-corrected chi connectivity index (χ1v) is 12.3. The van der Waals surface area contributed by atoms with E-state index in [9.17, 15) is 14.4 Å². The predicted molar refractivity (Wildman–Crippen MR) is 104 cm³/mol. The zero-order valence-electron chi connectivity index (χ0n) is 16.8. The summed E-state index contributed by atoms with van der Waals surface area (Å²) in [6, 6.07) is 0. The molecule has 1 aromatic heterocycles. The summed E-state index contributed by atoms with van der Waals surface area (Å²) in [6.45, 7) is 10.3. The number of esters is 2. The van der Waals surface area contributed by atoms with Crippen molar-refractivity contribution >= 4 is 25.8 Å². The van der Waals surface area contributed by atoms with Crippen LogP contribution in [-0.4, -0.2) is 47.9 Å². The van der Waals surface area contributed by atoms with Gasteiger partial charge in [-0.2, -0.15) is 4.98 Å². The lowest BCUT2D eigenvalue weighted by Crippen LogP contribution is -2.40. The van der Waals surface area contributed by atoms with E-state index in [0.717, 1.165) is 4.57 Å². The molecule has 0 amide bonds. The van der Waals surface area contributed by atoms with Gasteiger partial charge in [-0.25, -0.2) is 4.79 Å². The smallest absolute Gasteiger partial charge is 0.351 e. The van der Waals surface area contributed by atoms with Crippen molar-refractivity contribution in [1.29, 1.82) is 0 Å². The van der Waals surface area contributed by atoms with Crippen LogP contribution in [0.15, 0.2) is 11.0 Å². The van der Waals surface area contributed by atoms with Gasteiger partial charge in [0.15, 0.2) is 18.4 Å². The summed E-state index contributed by atoms with van der Waals surface area (Å²) in [5, 5.41) is 0. The first kappa shape index (κ1) is 21.7. The van der Waals surface area contributed by atoms with Gasteiger partial charge in [0.25, 0.3) is 0 Å². The highest BCUT2D eigenvalue weighted by atomic mass is 28.3. The topological polar surface area (TPSA) is 123 Å². The largest absolute Gasteiger partial charge is 0.456 e. The lowest BCUT2D eigenvalue weighted by atomic mass is 10.1. The molecule has 0 unspecified atom stereocenters. The third kappa shape index (κ3) is 5.21. The molecule has 10 heteroatoms. The Morgan fingerprint density at radius 3 is 2.32 bits per heavy atom. The molecule has 2 N–H and O–H groups in total. The standard InChI is InChI=1S/C18H25N3O6Si/c1-10-14(26-11(2)22)15(27-12(3)23)17(25-10)21-9-13(7-8-28(4,5)6)16(19)20-18(21)24/h9-10,14-15,17H,1-6H3,(H2,19,20,24)/t10-,14-,15-,17-/m1/s1. The Morgan fingerprint density at radius 2 is 1.79 bits per heavy atom. The molecule has 28 heavy (non-hydrogen) atoms. The molecule has 4 atom stereocenters. The monoisotopic (exact) mass is 407 g/mol. The number of rotatable bonds is 3. The van der Waals surface area contributed by atoms with Gasteiger partial charge in [-0.3, -0.25) is 14.2 Å². The van der Waals surface area contributed by atoms with Crippen molar-refractivity contribution in [3.8, 4) is 11.5 Å². The van der Waals surface area contributed by atoms with E-state index < -0.39 is 50.2 Å². The number of nitrogens with two attached hydrogens (primary N) is 1. The summed E-state index contributed by atoms with van der Waals surface area (Å²) < 4.78 is 17.5. The van der Waals surface area contributed by atoms with E-state index in [1.807, 2.05) is 0 Å². The van der Waals surface area contributed by atoms with Crippen molar-refractivity contribution in [2.24, 2.45) is 0 Å². The molecular weight excluding hydrogens is 382 g/mol. The normalized spacial score (nSPS) is 24.2. The summed E-state index contributed by atoms with van der Waals surface area (Å²) in [5.41, 5.74) is 8.69. The molecule has 9 nitrogen and oxygen atoms in total. The Hall–Kier alpha value is -2.64. The Labute approximate surface area is 164 Å². The number of carbonyl (C=O) groups is 2. The van der Waals surface area contributed by atoms with Crippen molar-refractivity contribution in [2.45, 2.75) is 65.0 Å². The first-order valence-electron chi connectivity index (χ1n) is 8.81. The van der Waals surface area contributed by atoms with Gasteiger partial charge in [-0.1, -0.05) is 25.6 Å². The number of ether oxygens (including phenoxy) is 3. The molecule has 2 heterocycles. The van der Waals surface area contributed by atoms with Crippen molar-refractivity contribution in [3.63, 3.8) is 0 Å². The second kappa shape index (κ2) is 8.16. The number of nitrogens with zero attached hydrogens (tertiary/aromatic N) is 2. The summed E-state index contributed by atoms with van der Waals surface area (Å²) >= 11 is 0. The average molecular weight is 407 g/mol. The molecule has 0 radical (unpaired) electrons. The maximum Gasteiger partial charge on any atom is 0.351 e. The summed E-state index contributed by atoms with van der Waals surface area (Å²) in [5.74, 6) is 1.83. The van der Waals surface area contributed by atoms with Crippen LogP contribution < -0.4 is 11.4 Å². The molecule has 0 aliphatic carbocycles. The van der Waals surface area contributed by atoms with Gasteiger partial charge in [-0.05, 0) is 6.92 Å². The fraction of sp³-hybridized carbons (Fsp3) is 0.556. The van der Waals surface area contributed by atoms with Crippen LogP contribution in [0.4, 0.5) is 5.82 Å². The van der Waals surface area contributed by atoms with E-state index in [4.69, 9.17) is 19.9 Å². The van der Waals surface area contributed by atoms with E-state index in [0.29, 0.717) is 5.56 Å². The van der Waals surface area contributed by atoms with Crippen LogP contribution in [0.2, 0.25) is 19.6 Å². The number of aromatic nitrogens is 2. The molecular formula is C18H25N3O6Si. The molecule has 1 saturated heterocycles. The number of hydrogen-bond donors (Lipinski definition) is 1. The number of hydrogen-bond acceptors (Lipinski definition) is 8. The molecule has 0 saturated carbocycles. The minimum absolute atomic E-state index is 0.0126. The van der Waals surface area contributed by atoms with Crippen molar-refractivity contribution in [1.82, 2.24) is 9.55 Å². The van der Waals surface area contributed by atoms with Crippen LogP contribution >= 0.6 is 0 Å². The molecule has 0 spiro atoms. The molecule has 152 valence electrons. The van der Waals surface area contributed by atoms with Crippen LogP contribution in [0.25, 0.3) is 0 Å². The number of nitrogen functional groups attached to an aromatic ring is 1.